The summed E-state index contributed by atoms with van der Waals surface area (Å²) in [5.41, 5.74) is 3.95. The largest absolute Gasteiger partial charge is 0.451 e. The number of methoxy groups -OCH3 is 1. The van der Waals surface area contributed by atoms with Crippen LogP contribution in [-0.2, 0) is 11.2 Å². The fourth-order valence-corrected chi connectivity index (χ4v) is 2.96. The van der Waals surface area contributed by atoms with Gasteiger partial charge in [-0.1, -0.05) is 25.9 Å². The van der Waals surface area contributed by atoms with Crippen LogP contribution in [0.5, 0.6) is 0 Å². The molecule has 0 bridgehead atoms. The first-order valence-corrected chi connectivity index (χ1v) is 8.79. The predicted octanol–water partition coefficient (Wildman–Crippen LogP) is 3.91. The molecular weight excluding hydrogens is 360 g/mol. The van der Waals surface area contributed by atoms with Gasteiger partial charge in [-0.05, 0) is 17.5 Å². The van der Waals surface area contributed by atoms with Gasteiger partial charge in [0.25, 0.3) is 0 Å². The quantitative estimate of drug-likeness (QED) is 0.570. The van der Waals surface area contributed by atoms with Gasteiger partial charge in [-0.3, -0.25) is 4.98 Å². The number of nitrogens with zero attached hydrogens (tertiary/aromatic N) is 5. The van der Waals surface area contributed by atoms with E-state index in [1.54, 1.807) is 30.6 Å². The van der Waals surface area contributed by atoms with Gasteiger partial charge in [0.05, 0.1) is 19.0 Å². The fraction of sp³-hybridized carbons (Fsp3) is 0.316. The van der Waals surface area contributed by atoms with Gasteiger partial charge in [-0.2, -0.15) is 4.68 Å². The second-order valence-corrected chi connectivity index (χ2v) is 7.66. The lowest BCUT2D eigenvalue weighted by atomic mass is 9.90. The maximum absolute atomic E-state index is 12.0. The average molecular weight is 380 g/mol. The topological polar surface area (TPSA) is 108 Å². The minimum Gasteiger partial charge on any atom is -0.451 e. The van der Waals surface area contributed by atoms with Crippen molar-refractivity contribution in [1.29, 1.82) is 0 Å². The molecule has 0 saturated heterocycles. The van der Waals surface area contributed by atoms with Crippen molar-refractivity contribution in [3.63, 3.8) is 0 Å². The fourth-order valence-electron chi connectivity index (χ4n) is 2.96. The highest BCUT2D eigenvalue weighted by Crippen LogP contribution is 2.28. The molecule has 0 spiro atoms. The summed E-state index contributed by atoms with van der Waals surface area (Å²) in [5.74, 6) is 0.414. The van der Waals surface area contributed by atoms with Gasteiger partial charge in [-0.25, -0.2) is 9.78 Å². The number of hydrogen-bond donors (Lipinski definition) is 1. The molecule has 0 radical (unpaired) electrons. The average Bonchev–Trinajstić information content (AvgIpc) is 3.22. The summed E-state index contributed by atoms with van der Waals surface area (Å²) in [6.07, 6.45) is 3.48. The van der Waals surface area contributed by atoms with Crippen LogP contribution in [0.25, 0.3) is 22.1 Å². The second-order valence-electron chi connectivity index (χ2n) is 7.66. The molecule has 0 aliphatic carbocycles. The van der Waals surface area contributed by atoms with Crippen molar-refractivity contribution in [3.05, 3.63) is 36.3 Å². The molecule has 144 valence electrons. The Morgan fingerprint density at radius 3 is 2.86 bits per heavy atom. The van der Waals surface area contributed by atoms with Crippen LogP contribution in [0.3, 0.4) is 0 Å². The standard InChI is InChI=1S/C19H20N6O3/c1-19(2,3)9-12-15-14(28-24-12)8-11(10-21-15)22-17-16-13(6-5-7-20-16)25(23-17)18(26)27-4/h5-8,10H,9H2,1-4H3,(H,22,23). The van der Waals surface area contributed by atoms with E-state index in [0.717, 1.165) is 22.3 Å². The van der Waals surface area contributed by atoms with E-state index in [0.29, 0.717) is 28.1 Å². The van der Waals surface area contributed by atoms with Gasteiger partial charge < -0.3 is 14.6 Å². The van der Waals surface area contributed by atoms with Crippen LogP contribution in [0.1, 0.15) is 26.5 Å². The monoisotopic (exact) mass is 380 g/mol. The number of anilines is 2. The summed E-state index contributed by atoms with van der Waals surface area (Å²) in [4.78, 5) is 20.8. The highest BCUT2D eigenvalue weighted by atomic mass is 16.5. The number of hydrogen-bond acceptors (Lipinski definition) is 8. The summed E-state index contributed by atoms with van der Waals surface area (Å²) in [6.45, 7) is 6.41. The van der Waals surface area contributed by atoms with Crippen molar-refractivity contribution in [1.82, 2.24) is 24.9 Å². The van der Waals surface area contributed by atoms with E-state index >= 15 is 0 Å². The first-order chi connectivity index (χ1) is 13.4. The molecule has 0 aliphatic heterocycles. The molecule has 0 fully saturated rings. The molecule has 0 aliphatic rings. The van der Waals surface area contributed by atoms with E-state index in [2.05, 4.69) is 46.3 Å². The molecule has 0 amide bonds. The first kappa shape index (κ1) is 17.9. The SMILES string of the molecule is COC(=O)n1nc(Nc2cnc3c(CC(C)(C)C)noc3c2)c2ncccc21. The Labute approximate surface area is 160 Å². The molecule has 0 saturated carbocycles. The van der Waals surface area contributed by atoms with Crippen molar-refractivity contribution in [2.75, 3.05) is 12.4 Å². The maximum atomic E-state index is 12.0. The van der Waals surface area contributed by atoms with E-state index in [1.807, 2.05) is 0 Å². The Morgan fingerprint density at radius 1 is 1.29 bits per heavy atom. The molecule has 4 aromatic rings. The van der Waals surface area contributed by atoms with Crippen LogP contribution in [0, 0.1) is 5.41 Å². The molecule has 0 atom stereocenters. The van der Waals surface area contributed by atoms with Crippen molar-refractivity contribution >= 4 is 39.7 Å². The van der Waals surface area contributed by atoms with E-state index in [4.69, 9.17) is 9.26 Å². The van der Waals surface area contributed by atoms with E-state index in [1.165, 1.54) is 7.11 Å². The number of pyridine rings is 2. The van der Waals surface area contributed by atoms with Gasteiger partial charge in [0.15, 0.2) is 11.4 Å². The molecule has 0 unspecified atom stereocenters. The second kappa shape index (κ2) is 6.59. The van der Waals surface area contributed by atoms with Crippen LogP contribution in [0.4, 0.5) is 16.3 Å². The number of ether oxygens (including phenoxy) is 1. The molecular formula is C19H20N6O3. The van der Waals surface area contributed by atoms with Crippen LogP contribution in [0.15, 0.2) is 35.1 Å². The highest BCUT2D eigenvalue weighted by molar-refractivity contribution is 5.94. The molecule has 9 heteroatoms. The van der Waals surface area contributed by atoms with Crippen LogP contribution in [0.2, 0.25) is 0 Å². The summed E-state index contributed by atoms with van der Waals surface area (Å²) >= 11 is 0. The van der Waals surface area contributed by atoms with Gasteiger partial charge in [0.2, 0.25) is 0 Å². The van der Waals surface area contributed by atoms with Crippen molar-refractivity contribution in [3.8, 4) is 0 Å². The summed E-state index contributed by atoms with van der Waals surface area (Å²) < 4.78 is 11.4. The van der Waals surface area contributed by atoms with Crippen molar-refractivity contribution in [2.45, 2.75) is 27.2 Å². The zero-order chi connectivity index (χ0) is 19.9. The minimum atomic E-state index is -0.596. The van der Waals surface area contributed by atoms with Crippen LogP contribution < -0.4 is 5.32 Å². The smallest absolute Gasteiger partial charge is 0.435 e. The molecule has 9 nitrogen and oxygen atoms in total. The normalized spacial score (nSPS) is 11.9. The Morgan fingerprint density at radius 2 is 2.11 bits per heavy atom. The van der Waals surface area contributed by atoms with Crippen LogP contribution in [-0.4, -0.2) is 38.1 Å². The lowest BCUT2D eigenvalue weighted by molar-refractivity contribution is 0.170. The third kappa shape index (κ3) is 3.26. The van der Waals surface area contributed by atoms with E-state index < -0.39 is 6.09 Å². The van der Waals surface area contributed by atoms with E-state index in [-0.39, 0.29) is 5.41 Å². The van der Waals surface area contributed by atoms with Gasteiger partial charge in [0, 0.05) is 18.7 Å². The lowest BCUT2D eigenvalue weighted by Gasteiger charge is -2.15. The Hall–Kier alpha value is -3.49. The number of fused-ring (bicyclic) bond motifs is 2. The molecule has 4 heterocycles. The summed E-state index contributed by atoms with van der Waals surface area (Å²) in [7, 11) is 1.30. The van der Waals surface area contributed by atoms with E-state index in [9.17, 15) is 4.79 Å². The molecule has 0 aromatic carbocycles. The summed E-state index contributed by atoms with van der Waals surface area (Å²) in [5, 5.41) is 11.6. The minimum absolute atomic E-state index is 0.0771. The third-order valence-electron chi connectivity index (χ3n) is 4.13. The molecule has 4 rings (SSSR count). The predicted molar refractivity (Wildman–Crippen MR) is 104 cm³/mol. The van der Waals surface area contributed by atoms with Crippen molar-refractivity contribution < 1.29 is 14.1 Å². The number of rotatable bonds is 3. The molecule has 4 aromatic heterocycles. The van der Waals surface area contributed by atoms with Crippen LogP contribution >= 0.6 is 0 Å². The Kier molecular flexibility index (Phi) is 4.21. The number of carbonyl (C=O) groups excluding carboxylic acids is 1. The number of aromatic nitrogens is 5. The maximum Gasteiger partial charge on any atom is 0.435 e. The lowest BCUT2D eigenvalue weighted by Crippen LogP contribution is -2.12. The van der Waals surface area contributed by atoms with Gasteiger partial charge in [-0.15, -0.1) is 5.10 Å². The zero-order valence-electron chi connectivity index (χ0n) is 16.1. The summed E-state index contributed by atoms with van der Waals surface area (Å²) in [6, 6.07) is 5.27. The molecule has 28 heavy (non-hydrogen) atoms. The van der Waals surface area contributed by atoms with Gasteiger partial charge in [0.1, 0.15) is 22.2 Å². The van der Waals surface area contributed by atoms with Gasteiger partial charge >= 0.3 is 6.09 Å². The van der Waals surface area contributed by atoms with Crippen molar-refractivity contribution in [2.24, 2.45) is 5.41 Å². The number of nitrogens with one attached hydrogen (secondary N) is 1. The molecule has 1 N–H and O–H groups in total. The Bertz CT molecular complexity index is 1170. The number of carbonyl (C=O) groups is 1. The Balaban J connectivity index is 1.70. The third-order valence-corrected chi connectivity index (χ3v) is 4.13. The first-order valence-electron chi connectivity index (χ1n) is 8.79. The highest BCUT2D eigenvalue weighted by Gasteiger charge is 2.20. The zero-order valence-corrected chi connectivity index (χ0v) is 16.1.